The van der Waals surface area contributed by atoms with Crippen molar-refractivity contribution in [1.29, 1.82) is 0 Å². The van der Waals surface area contributed by atoms with Crippen LogP contribution in [0.15, 0.2) is 0 Å². The maximum Gasteiger partial charge on any atom is 0.212 e. The van der Waals surface area contributed by atoms with Crippen molar-refractivity contribution in [3.8, 4) is 0 Å². The molecule has 0 rings (SSSR count). The summed E-state index contributed by atoms with van der Waals surface area (Å²) in [5, 5.41) is 1.18. The van der Waals surface area contributed by atoms with E-state index < -0.39 is 15.6 Å². The van der Waals surface area contributed by atoms with E-state index >= 15 is 0 Å². The third-order valence-electron chi connectivity index (χ3n) is 1.46. The summed E-state index contributed by atoms with van der Waals surface area (Å²) in [7, 11) is -3.12. The van der Waals surface area contributed by atoms with Crippen LogP contribution in [0.2, 0.25) is 0 Å². The first-order valence-electron chi connectivity index (χ1n) is 4.02. The van der Waals surface area contributed by atoms with E-state index in [4.69, 9.17) is 0 Å². The zero-order chi connectivity index (χ0) is 10.5. The Morgan fingerprint density at radius 2 is 1.77 bits per heavy atom. The molecule has 0 aliphatic carbocycles. The molecule has 0 bridgehead atoms. The summed E-state index contributed by atoms with van der Waals surface area (Å²) in [4.78, 5) is 0. The van der Waals surface area contributed by atoms with Crippen LogP contribution in [0.4, 0.5) is 0 Å². The Bertz CT molecular complexity index is 237. The summed E-state index contributed by atoms with van der Waals surface area (Å²) in [6, 6.07) is 0. The summed E-state index contributed by atoms with van der Waals surface area (Å²) in [5.41, 5.74) is -0.437. The lowest BCUT2D eigenvalue weighted by atomic mass is 10.1. The molecule has 0 aliphatic rings. The van der Waals surface area contributed by atoms with Gasteiger partial charge in [-0.3, -0.25) is 0 Å². The molecular weight excluding hydrogens is 322 g/mol. The Hall–Kier alpha value is 0.870. The van der Waals surface area contributed by atoms with E-state index in [2.05, 4.69) is 36.6 Å². The predicted octanol–water partition coefficient (Wildman–Crippen LogP) is 1.86. The second-order valence-corrected chi connectivity index (χ2v) is 6.21. The van der Waals surface area contributed by atoms with Gasteiger partial charge in [0.1, 0.15) is 0 Å². The van der Waals surface area contributed by atoms with E-state index in [0.29, 0.717) is 17.1 Å². The van der Waals surface area contributed by atoms with Crippen LogP contribution in [0, 0.1) is 0 Å². The van der Waals surface area contributed by atoms with Gasteiger partial charge in [-0.05, 0) is 13.3 Å². The molecule has 6 heteroatoms. The van der Waals surface area contributed by atoms with Gasteiger partial charge >= 0.3 is 0 Å². The topological polar surface area (TPSA) is 46.2 Å². The quantitative estimate of drug-likeness (QED) is 0.752. The fourth-order valence-corrected chi connectivity index (χ4v) is 3.90. The van der Waals surface area contributed by atoms with Gasteiger partial charge in [-0.1, -0.05) is 38.8 Å². The molecular formula is C7H15Br2NO2S. The van der Waals surface area contributed by atoms with Crippen LogP contribution in [0.3, 0.4) is 0 Å². The number of hydrogen-bond acceptors (Lipinski definition) is 2. The van der Waals surface area contributed by atoms with Gasteiger partial charge in [0, 0.05) is 16.2 Å². The number of hydrogen-bond donors (Lipinski definition) is 1. The number of sulfonamides is 1. The van der Waals surface area contributed by atoms with Crippen molar-refractivity contribution in [2.24, 2.45) is 0 Å². The van der Waals surface area contributed by atoms with Crippen molar-refractivity contribution in [3.63, 3.8) is 0 Å². The lowest BCUT2D eigenvalue weighted by Crippen LogP contribution is -2.49. The molecule has 13 heavy (non-hydrogen) atoms. The largest absolute Gasteiger partial charge is 0.212 e. The van der Waals surface area contributed by atoms with Gasteiger partial charge in [-0.25, -0.2) is 13.1 Å². The highest BCUT2D eigenvalue weighted by atomic mass is 79.9. The summed E-state index contributed by atoms with van der Waals surface area (Å²) < 4.78 is 25.5. The van der Waals surface area contributed by atoms with Crippen molar-refractivity contribution in [2.45, 2.75) is 25.8 Å². The average molecular weight is 337 g/mol. The van der Waals surface area contributed by atoms with Crippen molar-refractivity contribution in [1.82, 2.24) is 4.72 Å². The molecule has 3 nitrogen and oxygen atoms in total. The van der Waals surface area contributed by atoms with Gasteiger partial charge < -0.3 is 0 Å². The maximum atomic E-state index is 11.4. The number of alkyl halides is 2. The Kier molecular flexibility index (Phi) is 6.06. The third kappa shape index (κ3) is 5.34. The first kappa shape index (κ1) is 13.9. The second-order valence-electron chi connectivity index (χ2n) is 3.25. The molecule has 1 N–H and O–H groups in total. The fourth-order valence-electron chi connectivity index (χ4n) is 0.785. The minimum Gasteiger partial charge on any atom is -0.212 e. The molecule has 0 atom stereocenters. The zero-order valence-electron chi connectivity index (χ0n) is 7.81. The van der Waals surface area contributed by atoms with Gasteiger partial charge in [0.05, 0.1) is 5.75 Å². The van der Waals surface area contributed by atoms with Gasteiger partial charge in [-0.15, -0.1) is 0 Å². The second kappa shape index (κ2) is 5.68. The van der Waals surface area contributed by atoms with Crippen molar-refractivity contribution in [2.75, 3.05) is 16.4 Å². The van der Waals surface area contributed by atoms with E-state index in [-0.39, 0.29) is 5.75 Å². The smallest absolute Gasteiger partial charge is 0.212 e. The van der Waals surface area contributed by atoms with Crippen molar-refractivity contribution in [3.05, 3.63) is 0 Å². The van der Waals surface area contributed by atoms with E-state index in [0.717, 1.165) is 0 Å². The van der Waals surface area contributed by atoms with E-state index in [9.17, 15) is 8.42 Å². The summed E-state index contributed by atoms with van der Waals surface area (Å²) in [5.74, 6) is 0.183. The third-order valence-corrected chi connectivity index (χ3v) is 5.69. The average Bonchev–Trinajstić information content (AvgIpc) is 2.03. The maximum absolute atomic E-state index is 11.4. The van der Waals surface area contributed by atoms with Crippen molar-refractivity contribution < 1.29 is 8.42 Å². The van der Waals surface area contributed by atoms with E-state index in [1.165, 1.54) is 0 Å². The molecule has 0 unspecified atom stereocenters. The molecule has 0 heterocycles. The number of halogens is 2. The highest BCUT2D eigenvalue weighted by Crippen LogP contribution is 2.13. The lowest BCUT2D eigenvalue weighted by molar-refractivity contribution is 0.508. The van der Waals surface area contributed by atoms with Gasteiger partial charge in [0.25, 0.3) is 0 Å². The lowest BCUT2D eigenvalue weighted by Gasteiger charge is -2.25. The Balaban J connectivity index is 4.40. The minimum atomic E-state index is -3.12. The molecule has 0 saturated carbocycles. The Morgan fingerprint density at radius 1 is 1.31 bits per heavy atom. The number of rotatable bonds is 6. The number of nitrogens with one attached hydrogen (secondary N) is 1. The molecule has 0 spiro atoms. The van der Waals surface area contributed by atoms with Crippen LogP contribution in [0.1, 0.15) is 20.3 Å². The highest BCUT2D eigenvalue weighted by molar-refractivity contribution is 9.09. The van der Waals surface area contributed by atoms with Crippen LogP contribution in [-0.2, 0) is 10.0 Å². The van der Waals surface area contributed by atoms with Crippen LogP contribution in [-0.4, -0.2) is 30.4 Å². The molecule has 0 saturated heterocycles. The van der Waals surface area contributed by atoms with Crippen LogP contribution in [0.25, 0.3) is 0 Å². The van der Waals surface area contributed by atoms with Crippen molar-refractivity contribution >= 4 is 41.9 Å². The summed E-state index contributed by atoms with van der Waals surface area (Å²) >= 11 is 6.56. The molecule has 0 aromatic rings. The zero-order valence-corrected chi connectivity index (χ0v) is 11.8. The first-order valence-corrected chi connectivity index (χ1v) is 7.92. The van der Waals surface area contributed by atoms with Gasteiger partial charge in [-0.2, -0.15) is 0 Å². The summed E-state index contributed by atoms with van der Waals surface area (Å²) in [6.45, 7) is 3.70. The summed E-state index contributed by atoms with van der Waals surface area (Å²) in [6.07, 6.45) is 0.635. The predicted molar refractivity (Wildman–Crippen MR) is 63.2 cm³/mol. The van der Waals surface area contributed by atoms with Crippen LogP contribution in [0.5, 0.6) is 0 Å². The van der Waals surface area contributed by atoms with Gasteiger partial charge in [0.15, 0.2) is 0 Å². The monoisotopic (exact) mass is 335 g/mol. The fraction of sp³-hybridized carbons (Fsp3) is 1.00. The highest BCUT2D eigenvalue weighted by Gasteiger charge is 2.26. The van der Waals surface area contributed by atoms with E-state index in [1.807, 2.05) is 13.8 Å². The van der Waals surface area contributed by atoms with Crippen LogP contribution >= 0.6 is 31.9 Å². The first-order chi connectivity index (χ1) is 5.89. The molecule has 0 aromatic heterocycles. The van der Waals surface area contributed by atoms with Crippen LogP contribution < -0.4 is 4.72 Å². The van der Waals surface area contributed by atoms with Gasteiger partial charge in [0.2, 0.25) is 10.0 Å². The van der Waals surface area contributed by atoms with E-state index in [1.54, 1.807) is 0 Å². The molecule has 0 radical (unpaired) electrons. The molecule has 80 valence electrons. The minimum absolute atomic E-state index is 0.183. The molecule has 0 aromatic carbocycles. The Labute approximate surface area is 97.0 Å². The molecule has 0 amide bonds. The SMILES string of the molecule is CCCS(=O)(=O)NC(C)(CBr)CBr. The molecule has 0 aliphatic heterocycles. The molecule has 0 fully saturated rings. The normalized spacial score (nSPS) is 13.2. The standard InChI is InChI=1S/C7H15Br2NO2S/c1-3-4-13(11,12)10-7(2,5-8)6-9/h10H,3-6H2,1-2H3. The Morgan fingerprint density at radius 3 is 2.08 bits per heavy atom.